The van der Waals surface area contributed by atoms with Crippen LogP contribution in [0.5, 0.6) is 0 Å². The molecule has 106 valence electrons. The van der Waals surface area contributed by atoms with Crippen LogP contribution in [0, 0.1) is 6.92 Å². The summed E-state index contributed by atoms with van der Waals surface area (Å²) in [5.74, 6) is 0. The summed E-state index contributed by atoms with van der Waals surface area (Å²) >= 11 is 0. The molecule has 3 aromatic rings. The van der Waals surface area contributed by atoms with Crippen LogP contribution in [0.2, 0.25) is 0 Å². The van der Waals surface area contributed by atoms with Gasteiger partial charge in [-0.3, -0.25) is 0 Å². The molecule has 2 aromatic carbocycles. The molecule has 0 saturated carbocycles. The Morgan fingerprint density at radius 3 is 2.52 bits per heavy atom. The van der Waals surface area contributed by atoms with Crippen LogP contribution in [0.3, 0.4) is 0 Å². The molecule has 3 rings (SSSR count). The van der Waals surface area contributed by atoms with E-state index < -0.39 is 10.8 Å². The Bertz CT molecular complexity index is 828. The monoisotopic (exact) mass is 295 g/mol. The minimum Gasteiger partial charge on any atom is -0.350 e. The van der Waals surface area contributed by atoms with Gasteiger partial charge in [-0.25, -0.2) is 4.21 Å². The highest BCUT2D eigenvalue weighted by molar-refractivity contribution is 7.88. The van der Waals surface area contributed by atoms with Crippen molar-refractivity contribution in [3.63, 3.8) is 0 Å². The quantitative estimate of drug-likeness (QED) is 0.707. The molecular formula is C18H17NOS. The lowest BCUT2D eigenvalue weighted by molar-refractivity contribution is 0.688. The average molecular weight is 295 g/mol. The minimum atomic E-state index is -1.12. The third-order valence-electron chi connectivity index (χ3n) is 3.55. The van der Waals surface area contributed by atoms with E-state index >= 15 is 0 Å². The summed E-state index contributed by atoms with van der Waals surface area (Å²) in [4.78, 5) is 0.831. The Morgan fingerprint density at radius 1 is 1.05 bits per heavy atom. The Morgan fingerprint density at radius 2 is 1.76 bits per heavy atom. The molecule has 3 heteroatoms. The fraction of sp³-hybridized carbons (Fsp3) is 0.111. The molecular weight excluding hydrogens is 278 g/mol. The molecule has 0 fully saturated rings. The van der Waals surface area contributed by atoms with Crippen LogP contribution in [-0.2, 0) is 17.8 Å². The zero-order valence-corrected chi connectivity index (χ0v) is 12.9. The van der Waals surface area contributed by atoms with Crippen LogP contribution in [0.1, 0.15) is 11.1 Å². The first kappa shape index (κ1) is 13.8. The normalized spacial score (nSPS) is 13.0. The van der Waals surface area contributed by atoms with Crippen molar-refractivity contribution in [2.75, 3.05) is 0 Å². The summed E-state index contributed by atoms with van der Waals surface area (Å²) in [6.45, 7) is 2.03. The predicted octanol–water partition coefficient (Wildman–Crippen LogP) is 4.27. The zero-order chi connectivity index (χ0) is 14.8. The van der Waals surface area contributed by atoms with Gasteiger partial charge in [0.05, 0.1) is 10.8 Å². The largest absolute Gasteiger partial charge is 0.350 e. The van der Waals surface area contributed by atoms with E-state index in [4.69, 9.17) is 0 Å². The zero-order valence-electron chi connectivity index (χ0n) is 12.1. The third-order valence-corrected chi connectivity index (χ3v) is 4.67. The highest BCUT2D eigenvalue weighted by atomic mass is 32.2. The molecule has 0 N–H and O–H groups in total. The smallest absolute Gasteiger partial charge is 0.0776 e. The molecule has 0 saturated heterocycles. The lowest BCUT2D eigenvalue weighted by atomic mass is 10.2. The second-order valence-electron chi connectivity index (χ2n) is 5.13. The van der Waals surface area contributed by atoms with E-state index in [0.717, 1.165) is 10.5 Å². The number of rotatable bonds is 3. The van der Waals surface area contributed by atoms with Gasteiger partial charge in [0.2, 0.25) is 0 Å². The van der Waals surface area contributed by atoms with Crippen LogP contribution < -0.4 is 0 Å². The molecule has 0 aliphatic carbocycles. The number of aryl methyl sites for hydroxylation is 2. The van der Waals surface area contributed by atoms with E-state index in [0.29, 0.717) is 0 Å². The molecule has 1 atom stereocenters. The van der Waals surface area contributed by atoms with Gasteiger partial charge in [0, 0.05) is 40.0 Å². The summed E-state index contributed by atoms with van der Waals surface area (Å²) in [6.07, 6.45) is 4.01. The average Bonchev–Trinajstić information content (AvgIpc) is 2.83. The fourth-order valence-corrected chi connectivity index (χ4v) is 3.22. The molecule has 0 spiro atoms. The van der Waals surface area contributed by atoms with Crippen molar-refractivity contribution in [2.45, 2.75) is 11.8 Å². The Balaban J connectivity index is 1.91. The molecule has 1 heterocycles. The van der Waals surface area contributed by atoms with Gasteiger partial charge in [0.15, 0.2) is 0 Å². The van der Waals surface area contributed by atoms with Crippen molar-refractivity contribution in [3.05, 3.63) is 71.3 Å². The molecule has 1 aromatic heterocycles. The lowest BCUT2D eigenvalue weighted by Crippen LogP contribution is -1.86. The predicted molar refractivity (Wildman–Crippen MR) is 89.5 cm³/mol. The maximum atomic E-state index is 12.3. The maximum Gasteiger partial charge on any atom is 0.0776 e. The second kappa shape index (κ2) is 5.70. The first-order valence-corrected chi connectivity index (χ1v) is 8.06. The number of benzene rings is 2. The van der Waals surface area contributed by atoms with Crippen LogP contribution in [0.15, 0.2) is 65.0 Å². The van der Waals surface area contributed by atoms with Crippen LogP contribution >= 0.6 is 0 Å². The van der Waals surface area contributed by atoms with E-state index in [-0.39, 0.29) is 0 Å². The summed E-state index contributed by atoms with van der Waals surface area (Å²) in [5.41, 5.74) is 3.45. The van der Waals surface area contributed by atoms with Crippen molar-refractivity contribution in [3.8, 4) is 0 Å². The summed E-state index contributed by atoms with van der Waals surface area (Å²) in [5, 5.41) is 2.93. The first-order valence-electron chi connectivity index (χ1n) is 6.84. The molecule has 2 nitrogen and oxygen atoms in total. The number of nitrogens with zero attached hydrogens (tertiary/aromatic N) is 1. The van der Waals surface area contributed by atoms with Gasteiger partial charge in [-0.05, 0) is 31.2 Å². The minimum absolute atomic E-state index is 0.831. The van der Waals surface area contributed by atoms with Crippen LogP contribution in [-0.4, -0.2) is 8.78 Å². The Labute approximate surface area is 127 Å². The van der Waals surface area contributed by atoms with E-state index in [1.54, 1.807) is 5.41 Å². The number of hydrogen-bond acceptors (Lipinski definition) is 1. The molecule has 0 radical (unpaired) electrons. The number of fused-ring (bicyclic) bond motifs is 1. The van der Waals surface area contributed by atoms with E-state index in [1.165, 1.54) is 16.5 Å². The highest BCUT2D eigenvalue weighted by Gasteiger charge is 2.04. The van der Waals surface area contributed by atoms with Crippen molar-refractivity contribution < 1.29 is 4.21 Å². The highest BCUT2D eigenvalue weighted by Crippen LogP contribution is 2.22. The molecule has 0 aliphatic rings. The maximum absolute atomic E-state index is 12.3. The van der Waals surface area contributed by atoms with E-state index in [1.807, 2.05) is 56.4 Å². The number of para-hydroxylation sites is 1. The van der Waals surface area contributed by atoms with Crippen molar-refractivity contribution >= 4 is 27.8 Å². The fourth-order valence-electron chi connectivity index (χ4n) is 2.39. The van der Waals surface area contributed by atoms with E-state index in [9.17, 15) is 4.21 Å². The summed E-state index contributed by atoms with van der Waals surface area (Å²) in [7, 11) is 0.909. The van der Waals surface area contributed by atoms with Crippen LogP contribution in [0.25, 0.3) is 17.0 Å². The Kier molecular flexibility index (Phi) is 3.76. The number of hydrogen-bond donors (Lipinski definition) is 0. The Hall–Kier alpha value is -2.13. The van der Waals surface area contributed by atoms with Crippen LogP contribution in [0.4, 0.5) is 0 Å². The molecule has 0 aliphatic heterocycles. The lowest BCUT2D eigenvalue weighted by Gasteiger charge is -1.97. The molecule has 21 heavy (non-hydrogen) atoms. The summed E-state index contributed by atoms with van der Waals surface area (Å²) < 4.78 is 14.4. The van der Waals surface area contributed by atoms with Crippen molar-refractivity contribution in [1.82, 2.24) is 4.57 Å². The number of aromatic nitrogens is 1. The molecule has 0 bridgehead atoms. The second-order valence-corrected chi connectivity index (χ2v) is 6.46. The SMILES string of the molecule is Cc1ccc([S@@](=O)/C=C\c2cn(C)c3ccccc23)cc1. The summed E-state index contributed by atoms with van der Waals surface area (Å²) in [6, 6.07) is 16.0. The van der Waals surface area contributed by atoms with E-state index in [2.05, 4.69) is 22.9 Å². The van der Waals surface area contributed by atoms with Crippen molar-refractivity contribution in [1.29, 1.82) is 0 Å². The molecule has 0 unspecified atom stereocenters. The molecule has 0 amide bonds. The van der Waals surface area contributed by atoms with Gasteiger partial charge in [0.1, 0.15) is 0 Å². The van der Waals surface area contributed by atoms with Gasteiger partial charge in [-0.2, -0.15) is 0 Å². The van der Waals surface area contributed by atoms with Gasteiger partial charge >= 0.3 is 0 Å². The van der Waals surface area contributed by atoms with Gasteiger partial charge in [0.25, 0.3) is 0 Å². The van der Waals surface area contributed by atoms with Gasteiger partial charge < -0.3 is 4.57 Å². The topological polar surface area (TPSA) is 22.0 Å². The van der Waals surface area contributed by atoms with Crippen molar-refractivity contribution in [2.24, 2.45) is 7.05 Å². The standard InChI is InChI=1S/C18H17NOS/c1-14-7-9-16(10-8-14)21(20)12-11-15-13-19(2)18-6-4-3-5-17(15)18/h3-13H,1-2H3/b12-11-/t21-/m0/s1. The first-order chi connectivity index (χ1) is 10.1. The van der Waals surface area contributed by atoms with Gasteiger partial charge in [-0.1, -0.05) is 35.9 Å². The van der Waals surface area contributed by atoms with Gasteiger partial charge in [-0.15, -0.1) is 0 Å². The third kappa shape index (κ3) is 2.83.